The molecule has 39 heavy (non-hydrogen) atoms. The van der Waals surface area contributed by atoms with Crippen molar-refractivity contribution in [3.8, 4) is 11.5 Å². The Bertz CT molecular complexity index is 1430. The average Bonchev–Trinajstić information content (AvgIpc) is 3.30. The van der Waals surface area contributed by atoms with Crippen LogP contribution in [-0.4, -0.2) is 51.5 Å². The number of nitrogens with one attached hydrogen (secondary N) is 2. The van der Waals surface area contributed by atoms with Crippen LogP contribution in [0.5, 0.6) is 11.5 Å². The van der Waals surface area contributed by atoms with Crippen molar-refractivity contribution >= 4 is 21.6 Å². The van der Waals surface area contributed by atoms with Crippen LogP contribution in [0.1, 0.15) is 42.9 Å². The summed E-state index contributed by atoms with van der Waals surface area (Å²) in [6, 6.07) is 20.9. The van der Waals surface area contributed by atoms with Crippen molar-refractivity contribution in [2.24, 2.45) is 0 Å². The smallest absolute Gasteiger partial charge is 0.262 e. The summed E-state index contributed by atoms with van der Waals surface area (Å²) in [6.07, 6.45) is -0.852. The largest absolute Gasteiger partial charge is 0.497 e. The predicted molar refractivity (Wildman–Crippen MR) is 145 cm³/mol. The quantitative estimate of drug-likeness (QED) is 0.369. The van der Waals surface area contributed by atoms with Crippen molar-refractivity contribution in [2.75, 3.05) is 18.4 Å². The van der Waals surface area contributed by atoms with Gasteiger partial charge in [-0.15, -0.1) is 0 Å². The second-order valence-corrected chi connectivity index (χ2v) is 11.5. The van der Waals surface area contributed by atoms with E-state index in [0.29, 0.717) is 23.6 Å². The Labute approximate surface area is 228 Å². The molecule has 0 radical (unpaired) electrons. The molecule has 5 rings (SSSR count). The van der Waals surface area contributed by atoms with Gasteiger partial charge in [0.1, 0.15) is 23.7 Å². The number of rotatable bonds is 9. The molecule has 1 saturated heterocycles. The van der Waals surface area contributed by atoms with E-state index in [-0.39, 0.29) is 35.8 Å². The maximum Gasteiger partial charge on any atom is 0.262 e. The predicted octanol–water partition coefficient (Wildman–Crippen LogP) is 3.76. The fourth-order valence-electron chi connectivity index (χ4n) is 5.27. The van der Waals surface area contributed by atoms with Crippen LogP contribution in [-0.2, 0) is 19.6 Å². The molecular weight excluding hydrogens is 520 g/mol. The third kappa shape index (κ3) is 5.88. The molecule has 9 nitrogen and oxygen atoms in total. The number of amides is 1. The van der Waals surface area contributed by atoms with E-state index in [4.69, 9.17) is 14.2 Å². The van der Waals surface area contributed by atoms with Crippen LogP contribution in [0.15, 0.2) is 77.7 Å². The van der Waals surface area contributed by atoms with Gasteiger partial charge in [0, 0.05) is 23.2 Å². The van der Waals surface area contributed by atoms with Gasteiger partial charge in [-0.1, -0.05) is 36.4 Å². The summed E-state index contributed by atoms with van der Waals surface area (Å²) in [5.74, 6) is 0.731. The van der Waals surface area contributed by atoms with E-state index >= 15 is 0 Å². The van der Waals surface area contributed by atoms with Crippen LogP contribution in [0.4, 0.5) is 5.69 Å². The van der Waals surface area contributed by atoms with Crippen LogP contribution in [0.2, 0.25) is 0 Å². The third-order valence-electron chi connectivity index (χ3n) is 7.19. The molecule has 2 aliphatic heterocycles. The molecule has 0 bridgehead atoms. The van der Waals surface area contributed by atoms with Crippen molar-refractivity contribution < 1.29 is 32.5 Å². The monoisotopic (exact) mass is 552 g/mol. The lowest BCUT2D eigenvalue weighted by Gasteiger charge is -2.37. The van der Waals surface area contributed by atoms with Gasteiger partial charge in [-0.05, 0) is 49.2 Å². The number of hydrogen-bond donors (Lipinski definition) is 3. The van der Waals surface area contributed by atoms with E-state index in [1.165, 1.54) is 19.2 Å². The Morgan fingerprint density at radius 2 is 1.90 bits per heavy atom. The normalized spacial score (nSPS) is 22.6. The van der Waals surface area contributed by atoms with E-state index in [1.807, 2.05) is 37.3 Å². The van der Waals surface area contributed by atoms with Crippen molar-refractivity contribution in [3.05, 3.63) is 83.9 Å². The van der Waals surface area contributed by atoms with Gasteiger partial charge in [0.15, 0.2) is 0 Å². The van der Waals surface area contributed by atoms with E-state index < -0.39 is 28.3 Å². The van der Waals surface area contributed by atoms with Gasteiger partial charge in [0.25, 0.3) is 10.0 Å². The highest BCUT2D eigenvalue weighted by atomic mass is 32.2. The first-order valence-corrected chi connectivity index (χ1v) is 14.3. The Kier molecular flexibility index (Phi) is 7.79. The van der Waals surface area contributed by atoms with Crippen molar-refractivity contribution in [3.63, 3.8) is 0 Å². The fraction of sp³-hybridized carbons (Fsp3) is 0.345. The van der Waals surface area contributed by atoms with Crippen LogP contribution in [0, 0.1) is 0 Å². The maximum absolute atomic E-state index is 13.0. The Morgan fingerprint density at radius 1 is 1.10 bits per heavy atom. The van der Waals surface area contributed by atoms with E-state index in [1.54, 1.807) is 30.3 Å². The Balaban J connectivity index is 1.31. The lowest BCUT2D eigenvalue weighted by atomic mass is 9.84. The molecule has 3 aromatic carbocycles. The molecule has 0 saturated carbocycles. The van der Waals surface area contributed by atoms with E-state index in [9.17, 15) is 18.3 Å². The summed E-state index contributed by atoms with van der Waals surface area (Å²) in [6.45, 7) is 1.67. The first-order valence-electron chi connectivity index (χ1n) is 12.9. The first kappa shape index (κ1) is 27.0. The van der Waals surface area contributed by atoms with Gasteiger partial charge in [-0.25, -0.2) is 8.42 Å². The van der Waals surface area contributed by atoms with Gasteiger partial charge in [0.05, 0.1) is 37.2 Å². The molecule has 5 atom stereocenters. The van der Waals surface area contributed by atoms with Crippen molar-refractivity contribution in [1.82, 2.24) is 5.32 Å². The minimum atomic E-state index is -3.86. The van der Waals surface area contributed by atoms with Gasteiger partial charge >= 0.3 is 0 Å². The third-order valence-corrected chi connectivity index (χ3v) is 8.57. The molecule has 3 N–H and O–H groups in total. The number of carbonyl (C=O) groups excluding carboxylic acids is 1. The zero-order valence-corrected chi connectivity index (χ0v) is 22.6. The molecule has 1 fully saturated rings. The number of aliphatic hydroxyl groups is 1. The van der Waals surface area contributed by atoms with Crippen molar-refractivity contribution in [1.29, 1.82) is 0 Å². The number of benzene rings is 3. The second kappa shape index (κ2) is 11.3. The van der Waals surface area contributed by atoms with Gasteiger partial charge in [-0.3, -0.25) is 9.52 Å². The number of ether oxygens (including phenoxy) is 3. The number of methoxy groups -OCH3 is 1. The zero-order chi connectivity index (χ0) is 27.6. The number of sulfonamides is 1. The number of anilines is 1. The number of fused-ring (bicyclic) bond motifs is 3. The summed E-state index contributed by atoms with van der Waals surface area (Å²) in [5.41, 5.74) is 2.21. The highest BCUT2D eigenvalue weighted by Gasteiger charge is 2.46. The molecule has 2 heterocycles. The number of carbonyl (C=O) groups is 1. The maximum atomic E-state index is 13.0. The second-order valence-electron chi connectivity index (χ2n) is 9.84. The molecule has 1 amide bonds. The average molecular weight is 553 g/mol. The summed E-state index contributed by atoms with van der Waals surface area (Å²) in [5, 5.41) is 13.0. The molecule has 0 aromatic heterocycles. The fourth-order valence-corrected chi connectivity index (χ4v) is 6.35. The summed E-state index contributed by atoms with van der Waals surface area (Å²) < 4.78 is 46.0. The number of hydrogen-bond acceptors (Lipinski definition) is 7. The summed E-state index contributed by atoms with van der Waals surface area (Å²) in [4.78, 5) is 12.9. The molecule has 2 aliphatic rings. The lowest BCUT2D eigenvalue weighted by Crippen LogP contribution is -2.47. The van der Waals surface area contributed by atoms with E-state index in [0.717, 1.165) is 11.1 Å². The van der Waals surface area contributed by atoms with Gasteiger partial charge < -0.3 is 24.6 Å². The molecule has 10 heteroatoms. The Morgan fingerprint density at radius 3 is 2.64 bits per heavy atom. The molecule has 0 spiro atoms. The van der Waals surface area contributed by atoms with Crippen LogP contribution < -0.4 is 19.5 Å². The molecule has 0 unspecified atom stereocenters. The lowest BCUT2D eigenvalue weighted by molar-refractivity contribution is -0.142. The highest BCUT2D eigenvalue weighted by Crippen LogP contribution is 2.47. The molecule has 0 aliphatic carbocycles. The first-order chi connectivity index (χ1) is 18.8. The SMILES string of the molecule is COc1cccc(S(=O)(=O)Nc2ccc3c(c2)[C@@H]2C[C@H](CC(=O)N[C@@H](C)c4ccccc4)O[C@H](CO)[C@@H]2O3)c1. The minimum Gasteiger partial charge on any atom is -0.497 e. The number of aliphatic hydroxyl groups excluding tert-OH is 1. The van der Waals surface area contributed by atoms with Crippen LogP contribution in [0.3, 0.4) is 0 Å². The van der Waals surface area contributed by atoms with Crippen LogP contribution in [0.25, 0.3) is 0 Å². The van der Waals surface area contributed by atoms with Gasteiger partial charge in [-0.2, -0.15) is 0 Å². The summed E-state index contributed by atoms with van der Waals surface area (Å²) in [7, 11) is -2.38. The topological polar surface area (TPSA) is 123 Å². The summed E-state index contributed by atoms with van der Waals surface area (Å²) >= 11 is 0. The van der Waals surface area contributed by atoms with Crippen LogP contribution >= 0.6 is 0 Å². The van der Waals surface area contributed by atoms with Gasteiger partial charge in [0.2, 0.25) is 5.91 Å². The molecule has 3 aromatic rings. The minimum absolute atomic E-state index is 0.0821. The van der Waals surface area contributed by atoms with Crippen molar-refractivity contribution in [2.45, 2.75) is 54.9 Å². The zero-order valence-electron chi connectivity index (χ0n) is 21.7. The van der Waals surface area contributed by atoms with E-state index in [2.05, 4.69) is 10.0 Å². The standard InChI is InChI=1S/C29H32N2O7S/c1-18(19-7-4-3-5-8-19)30-28(33)16-22-15-25-24-13-20(11-12-26(24)38-29(25)27(17-32)37-22)31-39(34,35)23-10-6-9-21(14-23)36-2/h3-14,18,22,25,27,29,31-32H,15-17H2,1-2H3,(H,30,33)/t18-,22+,25-,27+,29+/m0/s1. The Hall–Kier alpha value is -3.60. The molecule has 206 valence electrons. The highest BCUT2D eigenvalue weighted by molar-refractivity contribution is 7.92. The molecular formula is C29H32N2O7S.